The van der Waals surface area contributed by atoms with Crippen LogP contribution in [0, 0.1) is 13.8 Å². The minimum atomic E-state index is 0.118. The summed E-state index contributed by atoms with van der Waals surface area (Å²) in [7, 11) is 2.09. The molecule has 4 nitrogen and oxygen atoms in total. The molecule has 24 heavy (non-hydrogen) atoms. The molecule has 0 bridgehead atoms. The molecule has 1 aliphatic rings. The number of allylic oxidation sites excluding steroid dienone is 1. The minimum Gasteiger partial charge on any atom is -0.447 e. The lowest BCUT2D eigenvalue weighted by Crippen LogP contribution is -2.52. The highest BCUT2D eigenvalue weighted by atomic mass is 16.3. The van der Waals surface area contributed by atoms with Crippen LogP contribution in [-0.2, 0) is 7.05 Å². The van der Waals surface area contributed by atoms with Crippen molar-refractivity contribution >= 4 is 35.5 Å². The molecule has 0 amide bonds. The van der Waals surface area contributed by atoms with Crippen LogP contribution in [0.2, 0.25) is 6.82 Å². The van der Waals surface area contributed by atoms with Gasteiger partial charge in [-0.25, -0.2) is 9.55 Å². The molecule has 0 saturated carbocycles. The molecule has 0 saturated heterocycles. The number of anilines is 1. The maximum Gasteiger partial charge on any atom is 0.447 e. The first-order chi connectivity index (χ1) is 11.5. The van der Waals surface area contributed by atoms with E-state index in [1.807, 2.05) is 6.07 Å². The second-order valence-corrected chi connectivity index (χ2v) is 6.68. The lowest BCUT2D eigenvalue weighted by atomic mass is 9.57. The van der Waals surface area contributed by atoms with Crippen LogP contribution in [0.3, 0.4) is 0 Å². The first-order valence-electron chi connectivity index (χ1n) is 8.29. The van der Waals surface area contributed by atoms with E-state index in [0.717, 1.165) is 16.6 Å². The molecule has 0 aliphatic carbocycles. The Morgan fingerprint density at radius 2 is 2.00 bits per heavy atom. The number of aromatic nitrogens is 2. The Kier molecular flexibility index (Phi) is 3.27. The normalized spacial score (nSPS) is 14.1. The third-order valence-corrected chi connectivity index (χ3v) is 5.00. The van der Waals surface area contributed by atoms with Crippen LogP contribution in [-0.4, -0.2) is 11.8 Å². The van der Waals surface area contributed by atoms with Gasteiger partial charge in [-0.2, -0.15) is 0 Å². The van der Waals surface area contributed by atoms with Gasteiger partial charge in [-0.1, -0.05) is 0 Å². The summed E-state index contributed by atoms with van der Waals surface area (Å²) in [6, 6.07) is 6.28. The topological polar surface area (TPSA) is 33.2 Å². The number of aryl methyl sites for hydroxylation is 3. The van der Waals surface area contributed by atoms with Gasteiger partial charge < -0.3 is 4.42 Å². The van der Waals surface area contributed by atoms with E-state index in [4.69, 9.17) is 4.42 Å². The largest absolute Gasteiger partial charge is 0.447 e. The molecule has 4 rings (SSSR count). The number of furan rings is 1. The predicted molar refractivity (Wildman–Crippen MR) is 98.5 cm³/mol. The number of nitrogens with zero attached hydrogens (tertiary/aromatic N) is 3. The van der Waals surface area contributed by atoms with Gasteiger partial charge in [-0.05, 0) is 56.9 Å². The van der Waals surface area contributed by atoms with Crippen molar-refractivity contribution in [1.29, 1.82) is 0 Å². The van der Waals surface area contributed by atoms with Crippen molar-refractivity contribution in [2.75, 3.05) is 4.81 Å². The SMILES string of the molecule is CB1c2oc3ncccc3c2C=C(C)N1c1cc(C)c(C)c[n+]1C. The molecular weight excluding hydrogens is 297 g/mol. The second kappa shape index (κ2) is 5.23. The molecule has 0 fully saturated rings. The molecule has 120 valence electrons. The zero-order chi connectivity index (χ0) is 17.0. The molecule has 5 heteroatoms. The van der Waals surface area contributed by atoms with Crippen molar-refractivity contribution in [3.05, 3.63) is 53.0 Å². The molecule has 0 spiro atoms. The van der Waals surface area contributed by atoms with Gasteiger partial charge in [0.2, 0.25) is 5.71 Å². The molecule has 3 aromatic heterocycles. The maximum absolute atomic E-state index is 6.09. The monoisotopic (exact) mass is 318 g/mol. The van der Waals surface area contributed by atoms with Gasteiger partial charge in [-0.15, -0.1) is 0 Å². The third kappa shape index (κ3) is 2.08. The fourth-order valence-corrected chi connectivity index (χ4v) is 3.62. The van der Waals surface area contributed by atoms with Gasteiger partial charge in [0.25, 0.3) is 5.82 Å². The van der Waals surface area contributed by atoms with E-state index in [0.29, 0.717) is 5.71 Å². The van der Waals surface area contributed by atoms with E-state index in [2.05, 4.69) is 73.4 Å². The van der Waals surface area contributed by atoms with Crippen molar-refractivity contribution in [2.24, 2.45) is 7.05 Å². The maximum atomic E-state index is 6.09. The predicted octanol–water partition coefficient (Wildman–Crippen LogP) is 2.98. The Morgan fingerprint density at radius 1 is 1.21 bits per heavy atom. The molecule has 0 radical (unpaired) electrons. The fraction of sp³-hybridized carbons (Fsp3) is 0.263. The van der Waals surface area contributed by atoms with Crippen molar-refractivity contribution in [2.45, 2.75) is 27.6 Å². The number of hydrogen-bond acceptors (Lipinski definition) is 3. The van der Waals surface area contributed by atoms with Crippen LogP contribution in [0.15, 0.2) is 40.7 Å². The van der Waals surface area contributed by atoms with Crippen molar-refractivity contribution in [1.82, 2.24) is 4.98 Å². The van der Waals surface area contributed by atoms with E-state index in [9.17, 15) is 0 Å². The van der Waals surface area contributed by atoms with Gasteiger partial charge in [0, 0.05) is 23.2 Å². The smallest absolute Gasteiger partial charge is 0.447 e. The molecule has 0 atom stereocenters. The highest BCUT2D eigenvalue weighted by Gasteiger charge is 2.40. The standard InChI is InChI=1S/C19H21BN3O/c1-12-9-17(22(5)11-13(12)2)23-14(3)10-16-15-7-6-8-21-19(15)24-18(16)20(23)4/h6-11H,1-5H3/q+1. The average Bonchev–Trinajstić information content (AvgIpc) is 2.91. The molecular formula is C19H21BN3O+. The molecule has 0 N–H and O–H groups in total. The van der Waals surface area contributed by atoms with Gasteiger partial charge >= 0.3 is 6.85 Å². The Bertz CT molecular complexity index is 990. The minimum absolute atomic E-state index is 0.118. The number of pyridine rings is 2. The number of rotatable bonds is 1. The number of fused-ring (bicyclic) bond motifs is 3. The van der Waals surface area contributed by atoms with Crippen LogP contribution < -0.4 is 15.0 Å². The first kappa shape index (κ1) is 15.0. The van der Waals surface area contributed by atoms with Gasteiger partial charge in [0.05, 0.1) is 18.9 Å². The Balaban J connectivity index is 1.90. The highest BCUT2D eigenvalue weighted by molar-refractivity contribution is 6.76. The summed E-state index contributed by atoms with van der Waals surface area (Å²) in [4.78, 5) is 6.70. The van der Waals surface area contributed by atoms with Crippen LogP contribution in [0.25, 0.3) is 17.2 Å². The Labute approximate surface area is 142 Å². The van der Waals surface area contributed by atoms with Crippen molar-refractivity contribution < 1.29 is 8.98 Å². The van der Waals surface area contributed by atoms with Gasteiger partial charge in [0.15, 0.2) is 0 Å². The van der Waals surface area contributed by atoms with Gasteiger partial charge in [0.1, 0.15) is 5.66 Å². The second-order valence-electron chi connectivity index (χ2n) is 6.68. The molecule has 3 aromatic rings. The molecule has 1 aliphatic heterocycles. The fourth-order valence-electron chi connectivity index (χ4n) is 3.62. The molecule has 0 aromatic carbocycles. The quantitative estimate of drug-likeness (QED) is 0.511. The summed E-state index contributed by atoms with van der Waals surface area (Å²) in [5.74, 6) is 1.17. The zero-order valence-electron chi connectivity index (χ0n) is 14.8. The summed E-state index contributed by atoms with van der Waals surface area (Å²) >= 11 is 0. The van der Waals surface area contributed by atoms with Crippen molar-refractivity contribution in [3.8, 4) is 0 Å². The summed E-state index contributed by atoms with van der Waals surface area (Å²) in [6.45, 7) is 8.76. The van der Waals surface area contributed by atoms with Crippen molar-refractivity contribution in [3.63, 3.8) is 0 Å². The highest BCUT2D eigenvalue weighted by Crippen LogP contribution is 2.29. The van der Waals surface area contributed by atoms with Crippen LogP contribution in [0.4, 0.5) is 5.82 Å². The third-order valence-electron chi connectivity index (χ3n) is 5.00. The summed E-state index contributed by atoms with van der Waals surface area (Å²) in [6.07, 6.45) is 6.16. The van der Waals surface area contributed by atoms with E-state index in [1.54, 1.807) is 6.20 Å². The summed E-state index contributed by atoms with van der Waals surface area (Å²) in [5, 5.41) is 1.09. The average molecular weight is 318 g/mol. The van der Waals surface area contributed by atoms with E-state index in [-0.39, 0.29) is 6.85 Å². The zero-order valence-corrected chi connectivity index (χ0v) is 14.8. The van der Waals surface area contributed by atoms with Crippen LogP contribution >= 0.6 is 0 Å². The summed E-state index contributed by atoms with van der Waals surface area (Å²) < 4.78 is 8.27. The lowest BCUT2D eigenvalue weighted by molar-refractivity contribution is -0.658. The van der Waals surface area contributed by atoms with E-state index < -0.39 is 0 Å². The Hall–Kier alpha value is -2.56. The van der Waals surface area contributed by atoms with Crippen LogP contribution in [0.5, 0.6) is 0 Å². The molecule has 0 unspecified atom stereocenters. The van der Waals surface area contributed by atoms with E-state index >= 15 is 0 Å². The van der Waals surface area contributed by atoms with Crippen LogP contribution in [0.1, 0.15) is 23.6 Å². The lowest BCUT2D eigenvalue weighted by Gasteiger charge is -2.26. The Morgan fingerprint density at radius 3 is 2.79 bits per heavy atom. The van der Waals surface area contributed by atoms with E-state index in [1.165, 1.54) is 22.6 Å². The number of hydrogen-bond donors (Lipinski definition) is 0. The molecule has 4 heterocycles. The first-order valence-corrected chi connectivity index (χ1v) is 8.29. The van der Waals surface area contributed by atoms with Gasteiger partial charge in [-0.3, -0.25) is 4.81 Å². The summed E-state index contributed by atoms with van der Waals surface area (Å²) in [5.41, 5.74) is 6.64.